The highest BCUT2D eigenvalue weighted by atomic mass is 14.7. The molecule has 0 spiro atoms. The lowest BCUT2D eigenvalue weighted by Crippen LogP contribution is -1.72. The van der Waals surface area contributed by atoms with Crippen molar-refractivity contribution in [2.24, 2.45) is 10.7 Å². The monoisotopic (exact) mass is 96.1 g/mol. The Morgan fingerprint density at radius 3 is 2.71 bits per heavy atom. The quantitative estimate of drug-likeness (QED) is 0.504. The fourth-order valence-electron chi connectivity index (χ4n) is 0.160. The first-order valence-electron chi connectivity index (χ1n) is 1.92. The summed E-state index contributed by atoms with van der Waals surface area (Å²) in [4.78, 5) is 3.66. The number of aliphatic imine (C=N–C) groups is 1. The van der Waals surface area contributed by atoms with Gasteiger partial charge in [-0.2, -0.15) is 0 Å². The lowest BCUT2D eigenvalue weighted by Gasteiger charge is -1.67. The second-order valence-corrected chi connectivity index (χ2v) is 0.875. The van der Waals surface area contributed by atoms with Crippen molar-refractivity contribution in [2.45, 2.75) is 0 Å². The van der Waals surface area contributed by atoms with Crippen LogP contribution >= 0.6 is 0 Å². The molecule has 0 aromatic rings. The summed E-state index contributed by atoms with van der Waals surface area (Å²) in [6, 6.07) is 0. The van der Waals surface area contributed by atoms with Crippen LogP contribution in [0.4, 0.5) is 0 Å². The van der Waals surface area contributed by atoms with Gasteiger partial charge in [-0.15, -0.1) is 0 Å². The van der Waals surface area contributed by atoms with Crippen molar-refractivity contribution in [1.29, 1.82) is 0 Å². The first kappa shape index (κ1) is 5.95. The SMILES string of the molecule is C=CC=N/C=C\N. The van der Waals surface area contributed by atoms with E-state index in [9.17, 15) is 0 Å². The Kier molecular flexibility index (Phi) is 4.21. The van der Waals surface area contributed by atoms with Gasteiger partial charge in [0.25, 0.3) is 0 Å². The molecule has 0 aliphatic heterocycles. The summed E-state index contributed by atoms with van der Waals surface area (Å²) in [7, 11) is 0. The van der Waals surface area contributed by atoms with Gasteiger partial charge >= 0.3 is 0 Å². The van der Waals surface area contributed by atoms with Crippen LogP contribution < -0.4 is 5.73 Å². The van der Waals surface area contributed by atoms with Crippen LogP contribution in [0.3, 0.4) is 0 Å². The second-order valence-electron chi connectivity index (χ2n) is 0.875. The molecule has 2 N–H and O–H groups in total. The molecular formula is C5H8N2. The molecule has 0 bridgehead atoms. The molecule has 0 atom stereocenters. The first-order valence-corrected chi connectivity index (χ1v) is 1.92. The molecule has 0 amide bonds. The molecule has 2 nitrogen and oxygen atoms in total. The topological polar surface area (TPSA) is 38.4 Å². The lowest BCUT2D eigenvalue weighted by atomic mass is 10.7. The van der Waals surface area contributed by atoms with Crippen molar-refractivity contribution < 1.29 is 0 Å². The molecular weight excluding hydrogens is 88.1 g/mol. The molecule has 0 heterocycles. The highest BCUT2D eigenvalue weighted by molar-refractivity contribution is 5.70. The van der Waals surface area contributed by atoms with Gasteiger partial charge in [0.2, 0.25) is 0 Å². The zero-order valence-corrected chi connectivity index (χ0v) is 4.04. The molecule has 0 fully saturated rings. The van der Waals surface area contributed by atoms with Crippen LogP contribution in [0.2, 0.25) is 0 Å². The Morgan fingerprint density at radius 1 is 1.57 bits per heavy atom. The van der Waals surface area contributed by atoms with Gasteiger partial charge < -0.3 is 5.73 Å². The van der Waals surface area contributed by atoms with Crippen molar-refractivity contribution >= 4 is 6.21 Å². The van der Waals surface area contributed by atoms with Crippen LogP contribution in [0.5, 0.6) is 0 Å². The fourth-order valence-corrected chi connectivity index (χ4v) is 0.160. The third-order valence-corrected chi connectivity index (χ3v) is 0.364. The van der Waals surface area contributed by atoms with E-state index in [4.69, 9.17) is 5.73 Å². The zero-order chi connectivity index (χ0) is 5.54. The molecule has 0 saturated carbocycles. The van der Waals surface area contributed by atoms with Crippen molar-refractivity contribution in [2.75, 3.05) is 0 Å². The van der Waals surface area contributed by atoms with Gasteiger partial charge in [0.15, 0.2) is 0 Å². The standard InChI is InChI=1S/C5H8N2/c1-2-4-7-5-3-6/h2-5H,1,6H2/b5-3-,7-4?. The van der Waals surface area contributed by atoms with E-state index in [2.05, 4.69) is 11.6 Å². The summed E-state index contributed by atoms with van der Waals surface area (Å²) < 4.78 is 0. The smallest absolute Gasteiger partial charge is 0.0422 e. The Hall–Kier alpha value is -1.05. The number of nitrogens with two attached hydrogens (primary N) is 1. The van der Waals surface area contributed by atoms with Crippen molar-refractivity contribution in [1.82, 2.24) is 0 Å². The second kappa shape index (κ2) is 4.95. The summed E-state index contributed by atoms with van der Waals surface area (Å²) in [6.45, 7) is 3.41. The van der Waals surface area contributed by atoms with Crippen LogP contribution in [0.15, 0.2) is 30.0 Å². The minimum atomic E-state index is 1.36. The maximum atomic E-state index is 4.94. The van der Waals surface area contributed by atoms with Crippen LogP contribution in [0.1, 0.15) is 0 Å². The minimum Gasteiger partial charge on any atom is -0.403 e. The van der Waals surface area contributed by atoms with Crippen LogP contribution in [0, 0.1) is 0 Å². The predicted octanol–water partition coefficient (Wildman–Crippen LogP) is 0.673. The molecule has 0 saturated heterocycles. The molecule has 0 unspecified atom stereocenters. The zero-order valence-electron chi connectivity index (χ0n) is 4.04. The van der Waals surface area contributed by atoms with Gasteiger partial charge in [0.05, 0.1) is 0 Å². The molecule has 38 valence electrons. The van der Waals surface area contributed by atoms with Crippen molar-refractivity contribution in [3.63, 3.8) is 0 Å². The van der Waals surface area contributed by atoms with Gasteiger partial charge in [-0.3, -0.25) is 4.99 Å². The Labute approximate surface area is 43.1 Å². The van der Waals surface area contributed by atoms with E-state index in [1.165, 1.54) is 12.4 Å². The summed E-state index contributed by atoms with van der Waals surface area (Å²) in [6.07, 6.45) is 5.99. The molecule has 0 radical (unpaired) electrons. The summed E-state index contributed by atoms with van der Waals surface area (Å²) >= 11 is 0. The van der Waals surface area contributed by atoms with E-state index < -0.39 is 0 Å². The Balaban J connectivity index is 3.27. The number of allylic oxidation sites excluding steroid dienone is 1. The highest BCUT2D eigenvalue weighted by Gasteiger charge is 1.51. The molecule has 0 aromatic carbocycles. The van der Waals surface area contributed by atoms with Crippen LogP contribution in [0.25, 0.3) is 0 Å². The summed E-state index contributed by atoms with van der Waals surface area (Å²) in [5.74, 6) is 0. The van der Waals surface area contributed by atoms with Crippen molar-refractivity contribution in [3.05, 3.63) is 25.1 Å². The maximum Gasteiger partial charge on any atom is 0.0422 e. The lowest BCUT2D eigenvalue weighted by molar-refractivity contribution is 1.50. The molecule has 0 aliphatic rings. The normalized spacial score (nSPS) is 10.9. The Bertz CT molecular complexity index is 92.3. The maximum absolute atomic E-state index is 4.94. The minimum absolute atomic E-state index is 1.36. The van der Waals surface area contributed by atoms with E-state index in [-0.39, 0.29) is 0 Å². The van der Waals surface area contributed by atoms with E-state index >= 15 is 0 Å². The van der Waals surface area contributed by atoms with Gasteiger partial charge in [0, 0.05) is 18.6 Å². The van der Waals surface area contributed by atoms with Crippen LogP contribution in [-0.2, 0) is 0 Å². The molecule has 0 aliphatic carbocycles. The largest absolute Gasteiger partial charge is 0.403 e. The van der Waals surface area contributed by atoms with Crippen LogP contribution in [-0.4, -0.2) is 6.21 Å². The van der Waals surface area contributed by atoms with E-state index in [1.54, 1.807) is 12.3 Å². The molecule has 2 heteroatoms. The highest BCUT2D eigenvalue weighted by Crippen LogP contribution is 1.64. The van der Waals surface area contributed by atoms with Gasteiger partial charge in [-0.05, 0) is 0 Å². The summed E-state index contributed by atoms with van der Waals surface area (Å²) in [5.41, 5.74) is 4.94. The third-order valence-electron chi connectivity index (χ3n) is 0.364. The number of rotatable bonds is 2. The fraction of sp³-hybridized carbons (Fsp3) is 0. The average Bonchev–Trinajstić information content (AvgIpc) is 1.69. The average molecular weight is 96.1 g/mol. The molecule has 7 heavy (non-hydrogen) atoms. The first-order chi connectivity index (χ1) is 3.41. The third kappa shape index (κ3) is 4.95. The van der Waals surface area contributed by atoms with Gasteiger partial charge in [-0.25, -0.2) is 0 Å². The molecule has 0 rings (SSSR count). The van der Waals surface area contributed by atoms with Crippen molar-refractivity contribution in [3.8, 4) is 0 Å². The summed E-state index contributed by atoms with van der Waals surface area (Å²) in [5, 5.41) is 0. The number of hydrogen-bond acceptors (Lipinski definition) is 2. The van der Waals surface area contributed by atoms with E-state index in [0.717, 1.165) is 0 Å². The van der Waals surface area contributed by atoms with Gasteiger partial charge in [0.1, 0.15) is 0 Å². The van der Waals surface area contributed by atoms with E-state index in [1.807, 2.05) is 0 Å². The Morgan fingerprint density at radius 2 is 2.29 bits per heavy atom. The van der Waals surface area contributed by atoms with E-state index in [0.29, 0.717) is 0 Å². The number of nitrogens with zero attached hydrogens (tertiary/aromatic N) is 1. The van der Waals surface area contributed by atoms with Gasteiger partial charge in [-0.1, -0.05) is 12.7 Å². The number of hydrogen-bond donors (Lipinski definition) is 1. The molecule has 0 aromatic heterocycles. The predicted molar refractivity (Wildman–Crippen MR) is 32.0 cm³/mol.